The monoisotopic (exact) mass is 120 g/mol. The van der Waals surface area contributed by atoms with Crippen LogP contribution < -0.4 is 0 Å². The van der Waals surface area contributed by atoms with Gasteiger partial charge in [0.25, 0.3) is 0 Å². The van der Waals surface area contributed by atoms with Crippen LogP contribution in [0.4, 0.5) is 4.39 Å². The fraction of sp³-hybridized carbons (Fsp3) is 1.00. The van der Waals surface area contributed by atoms with Crippen molar-refractivity contribution in [2.45, 2.75) is 26.4 Å². The van der Waals surface area contributed by atoms with Gasteiger partial charge in [0.1, 0.15) is 6.17 Å². The highest BCUT2D eigenvalue weighted by Crippen LogP contribution is 2.09. The van der Waals surface area contributed by atoms with Gasteiger partial charge in [-0.05, 0) is 13.3 Å². The maximum absolute atomic E-state index is 12.2. The Hall–Kier alpha value is -0.110. The van der Waals surface area contributed by atoms with Gasteiger partial charge < -0.3 is 5.11 Å². The summed E-state index contributed by atoms with van der Waals surface area (Å²) in [5.41, 5.74) is 0. The topological polar surface area (TPSA) is 20.2 Å². The molecule has 0 aromatic carbocycles. The molecular weight excluding hydrogens is 107 g/mol. The standard InChI is InChI=1S/C6H13FO/c1-3-6(4-8)5(2)7/h5-6,8H,3-4H2,1-2H3. The lowest BCUT2D eigenvalue weighted by Gasteiger charge is -2.10. The number of hydrogen-bond donors (Lipinski definition) is 1. The lowest BCUT2D eigenvalue weighted by molar-refractivity contribution is 0.146. The summed E-state index contributed by atoms with van der Waals surface area (Å²) in [6.45, 7) is 3.32. The lowest BCUT2D eigenvalue weighted by Crippen LogP contribution is -2.15. The van der Waals surface area contributed by atoms with E-state index >= 15 is 0 Å². The summed E-state index contributed by atoms with van der Waals surface area (Å²) in [6.07, 6.45) is -0.154. The van der Waals surface area contributed by atoms with E-state index in [-0.39, 0.29) is 12.5 Å². The third kappa shape index (κ3) is 2.26. The Bertz CT molecular complexity index is 50.5. The molecule has 0 aromatic rings. The predicted molar refractivity (Wildman–Crippen MR) is 31.4 cm³/mol. The zero-order valence-corrected chi connectivity index (χ0v) is 5.39. The molecule has 0 spiro atoms. The molecule has 2 unspecified atom stereocenters. The van der Waals surface area contributed by atoms with E-state index in [1.807, 2.05) is 6.92 Å². The van der Waals surface area contributed by atoms with Crippen molar-refractivity contribution in [2.24, 2.45) is 5.92 Å². The highest BCUT2D eigenvalue weighted by atomic mass is 19.1. The van der Waals surface area contributed by atoms with Crippen LogP contribution in [-0.4, -0.2) is 17.9 Å². The van der Waals surface area contributed by atoms with Crippen LogP contribution >= 0.6 is 0 Å². The molecule has 2 atom stereocenters. The Balaban J connectivity index is 3.35. The van der Waals surface area contributed by atoms with E-state index < -0.39 is 6.17 Å². The molecule has 0 aliphatic heterocycles. The molecule has 2 heteroatoms. The average molecular weight is 120 g/mol. The molecule has 0 heterocycles. The summed E-state index contributed by atoms with van der Waals surface area (Å²) in [5.74, 6) is -0.157. The van der Waals surface area contributed by atoms with Crippen molar-refractivity contribution < 1.29 is 9.50 Å². The minimum atomic E-state index is -0.870. The third-order valence-corrected chi connectivity index (χ3v) is 1.41. The van der Waals surface area contributed by atoms with Crippen molar-refractivity contribution >= 4 is 0 Å². The van der Waals surface area contributed by atoms with Gasteiger partial charge in [-0.15, -0.1) is 0 Å². The van der Waals surface area contributed by atoms with Gasteiger partial charge in [0.05, 0.1) is 0 Å². The normalized spacial score (nSPS) is 18.0. The van der Waals surface area contributed by atoms with Crippen LogP contribution in [0.15, 0.2) is 0 Å². The predicted octanol–water partition coefficient (Wildman–Crippen LogP) is 1.36. The minimum absolute atomic E-state index is 0.0336. The molecule has 0 saturated heterocycles. The van der Waals surface area contributed by atoms with Gasteiger partial charge >= 0.3 is 0 Å². The van der Waals surface area contributed by atoms with E-state index in [1.54, 1.807) is 0 Å². The molecule has 50 valence electrons. The second-order valence-corrected chi connectivity index (χ2v) is 2.03. The number of rotatable bonds is 3. The van der Waals surface area contributed by atoms with Gasteiger partial charge in [-0.25, -0.2) is 4.39 Å². The Morgan fingerprint density at radius 2 is 2.12 bits per heavy atom. The van der Waals surface area contributed by atoms with E-state index in [9.17, 15) is 4.39 Å². The van der Waals surface area contributed by atoms with Crippen LogP contribution in [0.5, 0.6) is 0 Å². The quantitative estimate of drug-likeness (QED) is 0.596. The SMILES string of the molecule is CCC(CO)C(C)F. The van der Waals surface area contributed by atoms with Gasteiger partial charge in [0.15, 0.2) is 0 Å². The Labute approximate surface area is 49.5 Å². The van der Waals surface area contributed by atoms with Crippen molar-refractivity contribution in [1.29, 1.82) is 0 Å². The van der Waals surface area contributed by atoms with Crippen LogP contribution in [0.1, 0.15) is 20.3 Å². The van der Waals surface area contributed by atoms with Gasteiger partial charge in [-0.1, -0.05) is 6.92 Å². The highest BCUT2D eigenvalue weighted by molar-refractivity contribution is 4.60. The van der Waals surface area contributed by atoms with Crippen molar-refractivity contribution in [3.8, 4) is 0 Å². The van der Waals surface area contributed by atoms with Crippen molar-refractivity contribution in [3.63, 3.8) is 0 Å². The summed E-state index contributed by atoms with van der Waals surface area (Å²) in [7, 11) is 0. The number of halogens is 1. The summed E-state index contributed by atoms with van der Waals surface area (Å²) < 4.78 is 12.2. The Morgan fingerprint density at radius 1 is 1.62 bits per heavy atom. The number of aliphatic hydroxyl groups excluding tert-OH is 1. The van der Waals surface area contributed by atoms with Crippen LogP contribution in [0.2, 0.25) is 0 Å². The molecule has 0 bridgehead atoms. The number of hydrogen-bond acceptors (Lipinski definition) is 1. The van der Waals surface area contributed by atoms with E-state index in [2.05, 4.69) is 0 Å². The zero-order valence-electron chi connectivity index (χ0n) is 5.39. The average Bonchev–Trinajstić information content (AvgIpc) is 1.69. The molecule has 0 rings (SSSR count). The van der Waals surface area contributed by atoms with E-state index in [0.717, 1.165) is 0 Å². The first-order valence-electron chi connectivity index (χ1n) is 2.97. The summed E-state index contributed by atoms with van der Waals surface area (Å²) in [6, 6.07) is 0. The smallest absolute Gasteiger partial charge is 0.102 e. The van der Waals surface area contributed by atoms with Gasteiger partial charge in [0, 0.05) is 12.5 Å². The third-order valence-electron chi connectivity index (χ3n) is 1.41. The maximum Gasteiger partial charge on any atom is 0.102 e. The number of alkyl halides is 1. The molecule has 1 N–H and O–H groups in total. The first-order chi connectivity index (χ1) is 3.72. The van der Waals surface area contributed by atoms with Gasteiger partial charge in [0.2, 0.25) is 0 Å². The summed E-state index contributed by atoms with van der Waals surface area (Å²) >= 11 is 0. The molecule has 0 radical (unpaired) electrons. The zero-order chi connectivity index (χ0) is 6.57. The molecule has 0 fully saturated rings. The van der Waals surface area contributed by atoms with Crippen LogP contribution in [-0.2, 0) is 0 Å². The van der Waals surface area contributed by atoms with Crippen molar-refractivity contribution in [2.75, 3.05) is 6.61 Å². The molecule has 1 nitrogen and oxygen atoms in total. The van der Waals surface area contributed by atoms with Crippen molar-refractivity contribution in [3.05, 3.63) is 0 Å². The molecule has 0 aliphatic rings. The Morgan fingerprint density at radius 3 is 2.12 bits per heavy atom. The second-order valence-electron chi connectivity index (χ2n) is 2.03. The second kappa shape index (κ2) is 3.84. The molecule has 0 aromatic heterocycles. The summed E-state index contributed by atoms with van der Waals surface area (Å²) in [5, 5.41) is 8.46. The maximum atomic E-state index is 12.2. The molecule has 0 amide bonds. The van der Waals surface area contributed by atoms with E-state index in [0.29, 0.717) is 6.42 Å². The minimum Gasteiger partial charge on any atom is -0.396 e. The number of aliphatic hydroxyl groups is 1. The summed E-state index contributed by atoms with van der Waals surface area (Å²) in [4.78, 5) is 0. The first kappa shape index (κ1) is 7.89. The molecule has 0 saturated carbocycles. The molecule has 0 aliphatic carbocycles. The molecular formula is C6H13FO. The largest absolute Gasteiger partial charge is 0.396 e. The van der Waals surface area contributed by atoms with E-state index in [4.69, 9.17) is 5.11 Å². The fourth-order valence-corrected chi connectivity index (χ4v) is 0.599. The Kier molecular flexibility index (Phi) is 3.79. The van der Waals surface area contributed by atoms with Gasteiger partial charge in [-0.2, -0.15) is 0 Å². The fourth-order valence-electron chi connectivity index (χ4n) is 0.599. The van der Waals surface area contributed by atoms with Crippen LogP contribution in [0.25, 0.3) is 0 Å². The lowest BCUT2D eigenvalue weighted by atomic mass is 10.0. The first-order valence-corrected chi connectivity index (χ1v) is 2.97. The van der Waals surface area contributed by atoms with Crippen LogP contribution in [0, 0.1) is 5.92 Å². The highest BCUT2D eigenvalue weighted by Gasteiger charge is 2.11. The van der Waals surface area contributed by atoms with Gasteiger partial charge in [-0.3, -0.25) is 0 Å². The molecule has 8 heavy (non-hydrogen) atoms. The van der Waals surface area contributed by atoms with Crippen LogP contribution in [0.3, 0.4) is 0 Å². The van der Waals surface area contributed by atoms with E-state index in [1.165, 1.54) is 6.92 Å². The van der Waals surface area contributed by atoms with Crippen molar-refractivity contribution in [1.82, 2.24) is 0 Å².